The van der Waals surface area contributed by atoms with E-state index < -0.39 is 0 Å². The number of halogens is 3. The number of hydrogen-bond donors (Lipinski definition) is 0. The molecule has 2 aromatic carbocycles. The minimum absolute atomic E-state index is 0. The van der Waals surface area contributed by atoms with Crippen molar-refractivity contribution in [2.75, 3.05) is 32.7 Å². The SMILES string of the molecule is C(=C\c1ccccc1)/CN1CCN(Cc2ccnc3ccccc23)CC1.Cl.Cl.Cl. The van der Waals surface area contributed by atoms with E-state index in [1.807, 2.05) is 6.20 Å². The van der Waals surface area contributed by atoms with Gasteiger partial charge in [0.25, 0.3) is 0 Å². The topological polar surface area (TPSA) is 19.4 Å². The predicted molar refractivity (Wildman–Crippen MR) is 131 cm³/mol. The molecule has 156 valence electrons. The first-order valence-electron chi connectivity index (χ1n) is 9.37. The molecule has 29 heavy (non-hydrogen) atoms. The summed E-state index contributed by atoms with van der Waals surface area (Å²) in [6.45, 7) is 6.54. The molecule has 1 aromatic heterocycles. The van der Waals surface area contributed by atoms with Gasteiger partial charge in [-0.15, -0.1) is 37.2 Å². The average molecular weight is 453 g/mol. The van der Waals surface area contributed by atoms with Gasteiger partial charge in [0.2, 0.25) is 0 Å². The van der Waals surface area contributed by atoms with Crippen LogP contribution in [-0.4, -0.2) is 47.5 Å². The van der Waals surface area contributed by atoms with Gasteiger partial charge >= 0.3 is 0 Å². The Balaban J connectivity index is 0.00000140. The van der Waals surface area contributed by atoms with E-state index in [2.05, 4.69) is 87.6 Å². The molecular weight excluding hydrogens is 425 g/mol. The molecule has 1 aliphatic heterocycles. The van der Waals surface area contributed by atoms with Crippen LogP contribution in [0.3, 0.4) is 0 Å². The van der Waals surface area contributed by atoms with Crippen LogP contribution >= 0.6 is 37.2 Å². The lowest BCUT2D eigenvalue weighted by molar-refractivity contribution is 0.137. The van der Waals surface area contributed by atoms with Crippen molar-refractivity contribution in [1.29, 1.82) is 0 Å². The number of aromatic nitrogens is 1. The molecule has 0 N–H and O–H groups in total. The van der Waals surface area contributed by atoms with Gasteiger partial charge < -0.3 is 0 Å². The second kappa shape index (κ2) is 12.8. The third kappa shape index (κ3) is 6.98. The number of fused-ring (bicyclic) bond motifs is 1. The maximum Gasteiger partial charge on any atom is 0.0705 e. The molecule has 1 fully saturated rings. The van der Waals surface area contributed by atoms with Crippen molar-refractivity contribution in [2.24, 2.45) is 0 Å². The zero-order valence-corrected chi connectivity index (χ0v) is 18.8. The van der Waals surface area contributed by atoms with Crippen molar-refractivity contribution in [3.05, 3.63) is 84.1 Å². The Morgan fingerprint density at radius 2 is 1.41 bits per heavy atom. The molecule has 1 aliphatic rings. The van der Waals surface area contributed by atoms with Crippen LogP contribution < -0.4 is 0 Å². The van der Waals surface area contributed by atoms with Gasteiger partial charge in [-0.3, -0.25) is 14.8 Å². The number of pyridine rings is 1. The van der Waals surface area contributed by atoms with E-state index in [1.165, 1.54) is 16.5 Å². The van der Waals surface area contributed by atoms with Gasteiger partial charge in [0.1, 0.15) is 0 Å². The smallest absolute Gasteiger partial charge is 0.0705 e. The normalized spacial score (nSPS) is 14.8. The number of para-hydroxylation sites is 1. The Hall–Kier alpha value is -1.62. The van der Waals surface area contributed by atoms with E-state index in [4.69, 9.17) is 0 Å². The van der Waals surface area contributed by atoms with E-state index in [-0.39, 0.29) is 37.2 Å². The van der Waals surface area contributed by atoms with Crippen LogP contribution in [0.4, 0.5) is 0 Å². The van der Waals surface area contributed by atoms with Gasteiger partial charge in [-0.05, 0) is 23.3 Å². The highest BCUT2D eigenvalue weighted by molar-refractivity contribution is 5.86. The zero-order chi connectivity index (χ0) is 17.6. The van der Waals surface area contributed by atoms with Crippen LogP contribution in [0, 0.1) is 0 Å². The minimum atomic E-state index is 0. The molecule has 0 spiro atoms. The molecule has 2 heterocycles. The number of rotatable bonds is 5. The predicted octanol–water partition coefficient (Wildman–Crippen LogP) is 5.33. The van der Waals surface area contributed by atoms with Crippen molar-refractivity contribution in [2.45, 2.75) is 6.54 Å². The van der Waals surface area contributed by atoms with Crippen LogP contribution in [0.1, 0.15) is 11.1 Å². The molecule has 3 aromatic rings. The fourth-order valence-corrected chi connectivity index (χ4v) is 3.57. The van der Waals surface area contributed by atoms with Crippen LogP contribution in [0.15, 0.2) is 72.9 Å². The molecule has 0 bridgehead atoms. The Kier molecular flexibility index (Phi) is 11.3. The fourth-order valence-electron chi connectivity index (χ4n) is 3.57. The van der Waals surface area contributed by atoms with E-state index in [9.17, 15) is 0 Å². The summed E-state index contributed by atoms with van der Waals surface area (Å²) in [5, 5.41) is 1.28. The van der Waals surface area contributed by atoms with E-state index >= 15 is 0 Å². The molecule has 0 atom stereocenters. The first-order chi connectivity index (χ1) is 12.9. The molecular formula is C23H28Cl3N3. The molecule has 6 heteroatoms. The molecule has 0 unspecified atom stereocenters. The summed E-state index contributed by atoms with van der Waals surface area (Å²) in [6.07, 6.45) is 6.43. The summed E-state index contributed by atoms with van der Waals surface area (Å²) in [5.74, 6) is 0. The highest BCUT2D eigenvalue weighted by atomic mass is 35.5. The number of piperazine rings is 1. The van der Waals surface area contributed by atoms with Crippen molar-refractivity contribution in [3.63, 3.8) is 0 Å². The highest BCUT2D eigenvalue weighted by Gasteiger charge is 2.16. The molecule has 0 aliphatic carbocycles. The molecule has 3 nitrogen and oxygen atoms in total. The zero-order valence-electron chi connectivity index (χ0n) is 16.3. The summed E-state index contributed by atoms with van der Waals surface area (Å²) >= 11 is 0. The largest absolute Gasteiger partial charge is 0.297 e. The molecule has 0 amide bonds. The van der Waals surface area contributed by atoms with Crippen molar-refractivity contribution in [3.8, 4) is 0 Å². The number of nitrogens with zero attached hydrogens (tertiary/aromatic N) is 3. The Bertz CT molecular complexity index is 873. The van der Waals surface area contributed by atoms with Gasteiger partial charge in [0, 0.05) is 50.9 Å². The summed E-state index contributed by atoms with van der Waals surface area (Å²) in [6, 6.07) is 21.1. The fraction of sp³-hybridized carbons (Fsp3) is 0.261. The third-order valence-electron chi connectivity index (χ3n) is 5.07. The summed E-state index contributed by atoms with van der Waals surface area (Å²) < 4.78 is 0. The monoisotopic (exact) mass is 451 g/mol. The minimum Gasteiger partial charge on any atom is -0.297 e. The quantitative estimate of drug-likeness (QED) is 0.521. The maximum absolute atomic E-state index is 4.47. The summed E-state index contributed by atoms with van der Waals surface area (Å²) in [5.41, 5.74) is 3.75. The van der Waals surface area contributed by atoms with E-state index in [0.29, 0.717) is 0 Å². The van der Waals surface area contributed by atoms with Crippen LogP contribution in [-0.2, 0) is 6.54 Å². The first kappa shape index (κ1) is 25.4. The second-order valence-electron chi connectivity index (χ2n) is 6.88. The van der Waals surface area contributed by atoms with Crippen LogP contribution in [0.25, 0.3) is 17.0 Å². The standard InChI is InChI=1S/C23H25N3.3ClH/c1-2-7-20(8-3-1)9-6-14-25-15-17-26(18-16-25)19-21-12-13-24-23-11-5-4-10-22(21)23;;;/h1-13H,14-19H2;3*1H/b9-6+;;;. The van der Waals surface area contributed by atoms with Crippen LogP contribution in [0.5, 0.6) is 0 Å². The number of hydrogen-bond acceptors (Lipinski definition) is 3. The molecule has 4 rings (SSSR count). The molecule has 0 radical (unpaired) electrons. The Morgan fingerprint density at radius 1 is 0.759 bits per heavy atom. The van der Waals surface area contributed by atoms with Crippen molar-refractivity contribution < 1.29 is 0 Å². The Morgan fingerprint density at radius 3 is 2.17 bits per heavy atom. The lowest BCUT2D eigenvalue weighted by Crippen LogP contribution is -2.45. The van der Waals surface area contributed by atoms with Gasteiger partial charge in [0.15, 0.2) is 0 Å². The lowest BCUT2D eigenvalue weighted by atomic mass is 10.1. The van der Waals surface area contributed by atoms with E-state index in [1.54, 1.807) is 0 Å². The highest BCUT2D eigenvalue weighted by Crippen LogP contribution is 2.18. The Labute approximate surface area is 192 Å². The second-order valence-corrected chi connectivity index (χ2v) is 6.88. The lowest BCUT2D eigenvalue weighted by Gasteiger charge is -2.34. The third-order valence-corrected chi connectivity index (χ3v) is 5.07. The first-order valence-corrected chi connectivity index (χ1v) is 9.37. The van der Waals surface area contributed by atoms with Crippen LogP contribution in [0.2, 0.25) is 0 Å². The van der Waals surface area contributed by atoms with Gasteiger partial charge in [0.05, 0.1) is 5.52 Å². The van der Waals surface area contributed by atoms with Gasteiger partial charge in [-0.25, -0.2) is 0 Å². The molecule has 0 saturated carbocycles. The maximum atomic E-state index is 4.47. The number of benzene rings is 2. The summed E-state index contributed by atoms with van der Waals surface area (Å²) in [7, 11) is 0. The summed E-state index contributed by atoms with van der Waals surface area (Å²) in [4.78, 5) is 9.55. The van der Waals surface area contributed by atoms with Gasteiger partial charge in [-0.1, -0.05) is 60.7 Å². The average Bonchev–Trinajstić information content (AvgIpc) is 2.70. The van der Waals surface area contributed by atoms with E-state index in [0.717, 1.165) is 44.8 Å². The van der Waals surface area contributed by atoms with Crippen molar-refractivity contribution >= 4 is 54.2 Å². The van der Waals surface area contributed by atoms with Gasteiger partial charge in [-0.2, -0.15) is 0 Å². The van der Waals surface area contributed by atoms with Crippen molar-refractivity contribution in [1.82, 2.24) is 14.8 Å². The molecule has 1 saturated heterocycles.